The van der Waals surface area contributed by atoms with Gasteiger partial charge in [0.1, 0.15) is 5.75 Å². The van der Waals surface area contributed by atoms with Gasteiger partial charge in [-0.25, -0.2) is 4.79 Å². The van der Waals surface area contributed by atoms with Crippen molar-refractivity contribution >= 4 is 17.6 Å². The maximum Gasteiger partial charge on any atom is 0.319 e. The van der Waals surface area contributed by atoms with Crippen LogP contribution in [0.1, 0.15) is 24.1 Å². The Balaban J connectivity index is 2.05. The predicted octanol–water partition coefficient (Wildman–Crippen LogP) is 3.29. The molecule has 1 aliphatic rings. The minimum absolute atomic E-state index is 0.342. The van der Waals surface area contributed by atoms with Gasteiger partial charge in [0, 0.05) is 23.0 Å². The van der Waals surface area contributed by atoms with Crippen molar-refractivity contribution in [2.75, 3.05) is 26.6 Å². The van der Waals surface area contributed by atoms with Crippen molar-refractivity contribution in [3.8, 4) is 17.2 Å². The van der Waals surface area contributed by atoms with Crippen LogP contribution >= 0.6 is 0 Å². The summed E-state index contributed by atoms with van der Waals surface area (Å²) in [6.07, 6.45) is 0. The van der Waals surface area contributed by atoms with E-state index >= 15 is 0 Å². The fourth-order valence-electron chi connectivity index (χ4n) is 3.34. The monoisotopic (exact) mass is 411 g/mol. The molecule has 8 heteroatoms. The van der Waals surface area contributed by atoms with E-state index in [9.17, 15) is 9.59 Å². The van der Waals surface area contributed by atoms with Crippen LogP contribution < -0.4 is 30.2 Å². The Morgan fingerprint density at radius 2 is 1.53 bits per heavy atom. The van der Waals surface area contributed by atoms with Crippen LogP contribution in [0.15, 0.2) is 47.7 Å². The fraction of sp³-hybridized carbons (Fsp3) is 0.273. The van der Waals surface area contributed by atoms with Gasteiger partial charge in [0.05, 0.1) is 32.9 Å². The first kappa shape index (κ1) is 21.0. The van der Waals surface area contributed by atoms with Crippen molar-refractivity contribution in [1.82, 2.24) is 10.6 Å². The highest BCUT2D eigenvalue weighted by molar-refractivity contribution is 6.06. The number of carbonyl (C=O) groups is 2. The van der Waals surface area contributed by atoms with E-state index in [1.165, 1.54) is 21.3 Å². The van der Waals surface area contributed by atoms with E-state index in [-0.39, 0.29) is 5.91 Å². The summed E-state index contributed by atoms with van der Waals surface area (Å²) in [7, 11) is 4.55. The van der Waals surface area contributed by atoms with E-state index in [0.717, 1.165) is 5.56 Å². The summed E-state index contributed by atoms with van der Waals surface area (Å²) in [4.78, 5) is 25.4. The molecule has 0 bridgehead atoms. The van der Waals surface area contributed by atoms with Crippen LogP contribution in [0.2, 0.25) is 0 Å². The molecule has 0 radical (unpaired) electrons. The zero-order valence-electron chi connectivity index (χ0n) is 17.6. The van der Waals surface area contributed by atoms with Crippen molar-refractivity contribution < 1.29 is 23.8 Å². The Morgan fingerprint density at radius 1 is 0.933 bits per heavy atom. The maximum absolute atomic E-state index is 13.2. The minimum atomic E-state index is -0.751. The molecule has 0 fully saturated rings. The van der Waals surface area contributed by atoms with Gasteiger partial charge in [-0.3, -0.25) is 4.79 Å². The number of rotatable bonds is 6. The molecule has 0 saturated heterocycles. The Bertz CT molecular complexity index is 999. The Hall–Kier alpha value is -3.68. The van der Waals surface area contributed by atoms with Crippen molar-refractivity contribution in [3.63, 3.8) is 0 Å². The van der Waals surface area contributed by atoms with Gasteiger partial charge in [-0.05, 0) is 32.0 Å². The highest BCUT2D eigenvalue weighted by Gasteiger charge is 2.34. The molecule has 0 spiro atoms. The summed E-state index contributed by atoms with van der Waals surface area (Å²) in [5.74, 6) is 1.04. The second-order valence-corrected chi connectivity index (χ2v) is 6.84. The van der Waals surface area contributed by atoms with Gasteiger partial charge in [0.15, 0.2) is 11.5 Å². The smallest absolute Gasteiger partial charge is 0.319 e. The second kappa shape index (κ2) is 8.77. The normalized spacial score (nSPS) is 15.8. The Kier molecular flexibility index (Phi) is 6.15. The summed E-state index contributed by atoms with van der Waals surface area (Å²) in [5, 5.41) is 8.36. The highest BCUT2D eigenvalue weighted by atomic mass is 16.5. The van der Waals surface area contributed by atoms with Gasteiger partial charge in [-0.2, -0.15) is 0 Å². The van der Waals surface area contributed by atoms with E-state index in [4.69, 9.17) is 14.2 Å². The number of allylic oxidation sites excluding steroid dienone is 1. The third-order valence-corrected chi connectivity index (χ3v) is 4.87. The van der Waals surface area contributed by atoms with Gasteiger partial charge >= 0.3 is 6.03 Å². The Labute approximate surface area is 175 Å². The number of carbonyl (C=O) groups excluding carboxylic acids is 2. The number of ether oxygens (including phenoxy) is 3. The first-order chi connectivity index (χ1) is 14.4. The summed E-state index contributed by atoms with van der Waals surface area (Å²) >= 11 is 0. The summed E-state index contributed by atoms with van der Waals surface area (Å²) < 4.78 is 16.2. The topological polar surface area (TPSA) is 97.9 Å². The molecule has 0 aliphatic carbocycles. The maximum atomic E-state index is 13.2. The molecule has 158 valence electrons. The van der Waals surface area contributed by atoms with Crippen molar-refractivity contribution in [1.29, 1.82) is 0 Å². The number of urea groups is 1. The molecule has 0 aromatic heterocycles. The van der Waals surface area contributed by atoms with E-state index in [2.05, 4.69) is 16.0 Å². The first-order valence-corrected chi connectivity index (χ1v) is 9.34. The number of benzene rings is 2. The van der Waals surface area contributed by atoms with Crippen molar-refractivity contribution in [2.45, 2.75) is 19.9 Å². The zero-order chi connectivity index (χ0) is 21.8. The van der Waals surface area contributed by atoms with Crippen LogP contribution in [0.4, 0.5) is 10.5 Å². The van der Waals surface area contributed by atoms with E-state index in [1.54, 1.807) is 19.1 Å². The van der Waals surface area contributed by atoms with Crippen LogP contribution in [0.5, 0.6) is 17.2 Å². The number of amides is 3. The molecule has 3 amide bonds. The van der Waals surface area contributed by atoms with E-state index < -0.39 is 12.1 Å². The molecular formula is C22H25N3O5. The fourth-order valence-corrected chi connectivity index (χ4v) is 3.34. The van der Waals surface area contributed by atoms with Crippen LogP contribution in [0.3, 0.4) is 0 Å². The predicted molar refractivity (Wildman–Crippen MR) is 113 cm³/mol. The average molecular weight is 411 g/mol. The minimum Gasteiger partial charge on any atom is -0.496 e. The second-order valence-electron chi connectivity index (χ2n) is 6.84. The largest absolute Gasteiger partial charge is 0.496 e. The molecule has 8 nitrogen and oxygen atoms in total. The molecule has 1 heterocycles. The van der Waals surface area contributed by atoms with Gasteiger partial charge in [-0.15, -0.1) is 0 Å². The van der Waals surface area contributed by atoms with E-state index in [0.29, 0.717) is 39.8 Å². The van der Waals surface area contributed by atoms with Crippen molar-refractivity contribution in [2.24, 2.45) is 0 Å². The summed E-state index contributed by atoms with van der Waals surface area (Å²) in [5.41, 5.74) is 3.12. The van der Waals surface area contributed by atoms with Crippen LogP contribution in [-0.4, -0.2) is 33.3 Å². The molecule has 3 rings (SSSR count). The SMILES string of the molecule is COc1cc(OC)c([C@H]2NC(=O)NC(C)=C2C(=O)Nc2ccc(C)cc2)cc1OC. The van der Waals surface area contributed by atoms with Gasteiger partial charge < -0.3 is 30.2 Å². The third-order valence-electron chi connectivity index (χ3n) is 4.87. The number of anilines is 1. The van der Waals surface area contributed by atoms with Gasteiger partial charge in [0.2, 0.25) is 0 Å². The van der Waals surface area contributed by atoms with E-state index in [1.807, 2.05) is 31.2 Å². The van der Waals surface area contributed by atoms with Crippen molar-refractivity contribution in [3.05, 3.63) is 58.8 Å². The lowest BCUT2D eigenvalue weighted by molar-refractivity contribution is -0.113. The molecular weight excluding hydrogens is 386 g/mol. The van der Waals surface area contributed by atoms with Gasteiger partial charge in [-0.1, -0.05) is 17.7 Å². The number of methoxy groups -OCH3 is 3. The lowest BCUT2D eigenvalue weighted by atomic mass is 9.93. The molecule has 0 saturated carbocycles. The molecule has 2 aromatic carbocycles. The molecule has 0 unspecified atom stereocenters. The zero-order valence-corrected chi connectivity index (χ0v) is 17.6. The lowest BCUT2D eigenvalue weighted by Gasteiger charge is -2.30. The molecule has 2 aromatic rings. The average Bonchev–Trinajstić information content (AvgIpc) is 2.73. The van der Waals surface area contributed by atoms with Crippen LogP contribution in [0, 0.1) is 6.92 Å². The summed E-state index contributed by atoms with van der Waals surface area (Å²) in [6.45, 7) is 3.65. The highest BCUT2D eigenvalue weighted by Crippen LogP contribution is 2.40. The quantitative estimate of drug-likeness (QED) is 0.678. The first-order valence-electron chi connectivity index (χ1n) is 9.34. The Morgan fingerprint density at radius 3 is 2.13 bits per heavy atom. The molecule has 1 atom stereocenters. The van der Waals surface area contributed by atoms with Crippen LogP contribution in [0.25, 0.3) is 0 Å². The number of aryl methyl sites for hydroxylation is 1. The summed E-state index contributed by atoms with van der Waals surface area (Å²) in [6, 6.07) is 9.65. The molecule has 30 heavy (non-hydrogen) atoms. The molecule has 3 N–H and O–H groups in total. The number of hydrogen-bond acceptors (Lipinski definition) is 5. The third kappa shape index (κ3) is 4.17. The standard InChI is InChI=1S/C22H25N3O5/c1-12-6-8-14(9-7-12)24-21(26)19-13(2)23-22(27)25-20(19)15-10-17(29-4)18(30-5)11-16(15)28-3/h6-11,20H,1-5H3,(H,24,26)(H2,23,25,27)/t20-/m1/s1. The van der Waals surface area contributed by atoms with Crippen LogP contribution in [-0.2, 0) is 4.79 Å². The van der Waals surface area contributed by atoms with Gasteiger partial charge in [0.25, 0.3) is 5.91 Å². The molecule has 1 aliphatic heterocycles. The number of hydrogen-bond donors (Lipinski definition) is 3. The number of nitrogens with one attached hydrogen (secondary N) is 3. The lowest BCUT2D eigenvalue weighted by Crippen LogP contribution is -2.46.